The van der Waals surface area contributed by atoms with Crippen molar-refractivity contribution < 1.29 is 9.84 Å². The number of aliphatic imine (C=N–C) groups is 1. The molecule has 1 aliphatic heterocycles. The normalized spacial score (nSPS) is 18.6. The van der Waals surface area contributed by atoms with E-state index in [-0.39, 0.29) is 6.61 Å². The van der Waals surface area contributed by atoms with E-state index in [0.29, 0.717) is 12.0 Å². The zero-order valence-corrected chi connectivity index (χ0v) is 15.9. The molecule has 0 saturated carbocycles. The smallest absolute Gasteiger partial charge is 0.191 e. The van der Waals surface area contributed by atoms with Crippen LogP contribution in [0.2, 0.25) is 0 Å². The molecule has 0 radical (unpaired) electrons. The largest absolute Gasteiger partial charge is 0.396 e. The molecule has 1 rings (SSSR count). The number of aliphatic hydroxyl groups is 1. The molecule has 0 spiro atoms. The molecule has 6 heteroatoms. The first kappa shape index (κ1) is 21.2. The fourth-order valence-corrected chi connectivity index (χ4v) is 3.17. The Bertz CT molecular complexity index is 325. The summed E-state index contributed by atoms with van der Waals surface area (Å²) in [5.41, 5.74) is 0. The van der Waals surface area contributed by atoms with Crippen LogP contribution in [-0.4, -0.2) is 75.1 Å². The lowest BCUT2D eigenvalue weighted by Crippen LogP contribution is -2.49. The highest BCUT2D eigenvalue weighted by Crippen LogP contribution is 2.12. The van der Waals surface area contributed by atoms with Crippen LogP contribution in [0.25, 0.3) is 0 Å². The van der Waals surface area contributed by atoms with Crippen LogP contribution < -0.4 is 10.6 Å². The quantitative estimate of drug-likeness (QED) is 0.392. The van der Waals surface area contributed by atoms with Gasteiger partial charge in [-0.3, -0.25) is 4.99 Å². The molecule has 1 fully saturated rings. The van der Waals surface area contributed by atoms with Crippen LogP contribution in [0.15, 0.2) is 4.99 Å². The molecule has 1 heterocycles. The van der Waals surface area contributed by atoms with Crippen LogP contribution in [0.1, 0.15) is 46.0 Å². The maximum atomic E-state index is 9.19. The third kappa shape index (κ3) is 8.85. The molecule has 0 aromatic carbocycles. The minimum absolute atomic E-state index is 0.254. The molecule has 0 amide bonds. The van der Waals surface area contributed by atoms with Crippen molar-refractivity contribution in [1.29, 1.82) is 0 Å². The van der Waals surface area contributed by atoms with E-state index in [1.807, 2.05) is 0 Å². The summed E-state index contributed by atoms with van der Waals surface area (Å²) >= 11 is 0. The first-order chi connectivity index (χ1) is 11.7. The molecule has 1 atom stereocenters. The highest BCUT2D eigenvalue weighted by molar-refractivity contribution is 5.80. The van der Waals surface area contributed by atoms with Gasteiger partial charge in [0.25, 0.3) is 0 Å². The van der Waals surface area contributed by atoms with Crippen LogP contribution in [0.3, 0.4) is 0 Å². The predicted octanol–water partition coefficient (Wildman–Crippen LogP) is 1.45. The second-order valence-corrected chi connectivity index (χ2v) is 6.64. The van der Waals surface area contributed by atoms with Gasteiger partial charge in [-0.15, -0.1) is 0 Å². The van der Waals surface area contributed by atoms with Gasteiger partial charge in [0, 0.05) is 52.5 Å². The van der Waals surface area contributed by atoms with E-state index in [1.54, 1.807) is 7.11 Å². The van der Waals surface area contributed by atoms with Gasteiger partial charge in [0.1, 0.15) is 0 Å². The fraction of sp³-hybridized carbons (Fsp3) is 0.944. The van der Waals surface area contributed by atoms with Crippen LogP contribution >= 0.6 is 0 Å². The van der Waals surface area contributed by atoms with E-state index in [0.717, 1.165) is 77.4 Å². The Hall–Kier alpha value is -0.850. The van der Waals surface area contributed by atoms with E-state index in [9.17, 15) is 5.11 Å². The van der Waals surface area contributed by atoms with Gasteiger partial charge in [0.2, 0.25) is 0 Å². The maximum Gasteiger partial charge on any atom is 0.191 e. The van der Waals surface area contributed by atoms with Crippen molar-refractivity contribution in [2.45, 2.75) is 52.0 Å². The van der Waals surface area contributed by atoms with E-state index in [2.05, 4.69) is 29.4 Å². The standard InChI is InChI=1S/C18H38N4O2/c1-4-6-16(9-13-23)15-20-18(19-5-2)21-17-7-10-22(11-8-17)12-14-24-3/h16-17,23H,4-15H2,1-3H3,(H2,19,20,21). The Labute approximate surface area is 148 Å². The third-order valence-electron chi connectivity index (χ3n) is 4.63. The van der Waals surface area contributed by atoms with Gasteiger partial charge in [-0.1, -0.05) is 13.3 Å². The Morgan fingerprint density at radius 1 is 1.29 bits per heavy atom. The molecule has 6 nitrogen and oxygen atoms in total. The van der Waals surface area contributed by atoms with Gasteiger partial charge in [-0.25, -0.2) is 0 Å². The number of likely N-dealkylation sites (tertiary alicyclic amines) is 1. The van der Waals surface area contributed by atoms with Crippen molar-refractivity contribution in [3.63, 3.8) is 0 Å². The molecule has 3 N–H and O–H groups in total. The number of hydrogen-bond acceptors (Lipinski definition) is 4. The van der Waals surface area contributed by atoms with Gasteiger partial charge in [-0.2, -0.15) is 0 Å². The zero-order chi connectivity index (χ0) is 17.6. The van der Waals surface area contributed by atoms with Crippen LogP contribution in [0.5, 0.6) is 0 Å². The minimum atomic E-state index is 0.254. The molecule has 142 valence electrons. The van der Waals surface area contributed by atoms with E-state index >= 15 is 0 Å². The number of methoxy groups -OCH3 is 1. The highest BCUT2D eigenvalue weighted by Gasteiger charge is 2.19. The molecule has 24 heavy (non-hydrogen) atoms. The summed E-state index contributed by atoms with van der Waals surface area (Å²) in [6.07, 6.45) is 5.40. The summed E-state index contributed by atoms with van der Waals surface area (Å²) in [6, 6.07) is 0.490. The number of rotatable bonds is 11. The van der Waals surface area contributed by atoms with E-state index < -0.39 is 0 Å². The molecule has 1 unspecified atom stereocenters. The van der Waals surface area contributed by atoms with Crippen LogP contribution in [0.4, 0.5) is 0 Å². The Morgan fingerprint density at radius 2 is 2.04 bits per heavy atom. The number of aliphatic hydroxyl groups excluding tert-OH is 1. The third-order valence-corrected chi connectivity index (χ3v) is 4.63. The lowest BCUT2D eigenvalue weighted by molar-refractivity contribution is 0.128. The van der Waals surface area contributed by atoms with Crippen molar-refractivity contribution in [2.24, 2.45) is 10.9 Å². The summed E-state index contributed by atoms with van der Waals surface area (Å²) in [5, 5.41) is 16.1. The monoisotopic (exact) mass is 342 g/mol. The Kier molecular flexibility index (Phi) is 11.9. The second kappa shape index (κ2) is 13.4. The van der Waals surface area contributed by atoms with Crippen molar-refractivity contribution >= 4 is 5.96 Å². The summed E-state index contributed by atoms with van der Waals surface area (Å²) in [6.45, 7) is 10.3. The summed E-state index contributed by atoms with van der Waals surface area (Å²) in [7, 11) is 1.76. The van der Waals surface area contributed by atoms with Crippen molar-refractivity contribution in [3.8, 4) is 0 Å². The number of nitrogens with one attached hydrogen (secondary N) is 2. The summed E-state index contributed by atoms with van der Waals surface area (Å²) in [5.74, 6) is 1.40. The number of ether oxygens (including phenoxy) is 1. The average Bonchev–Trinajstić information content (AvgIpc) is 2.59. The summed E-state index contributed by atoms with van der Waals surface area (Å²) < 4.78 is 5.16. The fourth-order valence-electron chi connectivity index (χ4n) is 3.17. The van der Waals surface area contributed by atoms with Crippen LogP contribution in [-0.2, 0) is 4.74 Å². The van der Waals surface area contributed by atoms with Gasteiger partial charge in [-0.05, 0) is 38.5 Å². The number of hydrogen-bond donors (Lipinski definition) is 3. The molecule has 0 aliphatic carbocycles. The van der Waals surface area contributed by atoms with Crippen molar-refractivity contribution in [2.75, 3.05) is 53.0 Å². The molecular weight excluding hydrogens is 304 g/mol. The average molecular weight is 343 g/mol. The molecule has 0 aromatic heterocycles. The zero-order valence-electron chi connectivity index (χ0n) is 15.9. The van der Waals surface area contributed by atoms with Crippen LogP contribution in [0, 0.1) is 5.92 Å². The highest BCUT2D eigenvalue weighted by atomic mass is 16.5. The SMILES string of the molecule is CCCC(CCO)CN=C(NCC)NC1CCN(CCOC)CC1. The van der Waals surface area contributed by atoms with Gasteiger partial charge < -0.3 is 25.4 Å². The first-order valence-corrected chi connectivity index (χ1v) is 9.60. The molecule has 0 aromatic rings. The summed E-state index contributed by atoms with van der Waals surface area (Å²) in [4.78, 5) is 7.23. The van der Waals surface area contributed by atoms with Crippen molar-refractivity contribution in [3.05, 3.63) is 0 Å². The second-order valence-electron chi connectivity index (χ2n) is 6.64. The van der Waals surface area contributed by atoms with Gasteiger partial charge >= 0.3 is 0 Å². The number of guanidine groups is 1. The lowest BCUT2D eigenvalue weighted by atomic mass is 10.0. The maximum absolute atomic E-state index is 9.19. The molecular formula is C18H38N4O2. The van der Waals surface area contributed by atoms with E-state index in [4.69, 9.17) is 9.73 Å². The topological polar surface area (TPSA) is 69.1 Å². The number of nitrogens with zero attached hydrogens (tertiary/aromatic N) is 2. The van der Waals surface area contributed by atoms with E-state index in [1.165, 1.54) is 0 Å². The first-order valence-electron chi connectivity index (χ1n) is 9.60. The molecule has 1 aliphatic rings. The lowest BCUT2D eigenvalue weighted by Gasteiger charge is -2.33. The van der Waals surface area contributed by atoms with Gasteiger partial charge in [0.15, 0.2) is 5.96 Å². The molecule has 0 bridgehead atoms. The number of piperidine rings is 1. The Balaban J connectivity index is 2.43. The molecule has 1 saturated heterocycles. The Morgan fingerprint density at radius 3 is 2.62 bits per heavy atom. The van der Waals surface area contributed by atoms with Crippen molar-refractivity contribution in [1.82, 2.24) is 15.5 Å². The predicted molar refractivity (Wildman–Crippen MR) is 101 cm³/mol. The minimum Gasteiger partial charge on any atom is -0.396 e. The van der Waals surface area contributed by atoms with Gasteiger partial charge in [0.05, 0.1) is 6.61 Å².